The lowest BCUT2D eigenvalue weighted by molar-refractivity contribution is -0.114. The van der Waals surface area contributed by atoms with Crippen LogP contribution >= 0.6 is 24.0 Å². The van der Waals surface area contributed by atoms with Crippen molar-refractivity contribution in [2.24, 2.45) is 4.99 Å². The molecule has 0 aliphatic carbocycles. The number of rotatable bonds is 8. The maximum atomic E-state index is 13.4. The van der Waals surface area contributed by atoms with E-state index in [0.29, 0.717) is 38.0 Å². The van der Waals surface area contributed by atoms with Crippen molar-refractivity contribution in [1.82, 2.24) is 20.5 Å². The number of ether oxygens (including phenoxy) is 1. The second-order valence-corrected chi connectivity index (χ2v) is 7.08. The van der Waals surface area contributed by atoms with Crippen molar-refractivity contribution in [3.63, 3.8) is 0 Å². The molecule has 0 spiro atoms. The molecule has 32 heavy (non-hydrogen) atoms. The molecule has 0 bridgehead atoms. The third-order valence-electron chi connectivity index (χ3n) is 4.87. The molecule has 0 radical (unpaired) electrons. The molecule has 1 aliphatic rings. The van der Waals surface area contributed by atoms with E-state index in [0.717, 1.165) is 18.7 Å². The van der Waals surface area contributed by atoms with Gasteiger partial charge in [-0.1, -0.05) is 12.1 Å². The highest BCUT2D eigenvalue weighted by Gasteiger charge is 2.23. The van der Waals surface area contributed by atoms with Crippen molar-refractivity contribution in [3.05, 3.63) is 60.2 Å². The molecule has 174 valence electrons. The molecule has 1 aromatic heterocycles. The Hall–Kier alpha value is -2.31. The lowest BCUT2D eigenvalue weighted by atomic mass is 10.0. The fourth-order valence-corrected chi connectivity index (χ4v) is 3.36. The van der Waals surface area contributed by atoms with E-state index in [-0.39, 0.29) is 48.3 Å². The highest BCUT2D eigenvalue weighted by molar-refractivity contribution is 14.0. The van der Waals surface area contributed by atoms with Crippen LogP contribution in [0.25, 0.3) is 0 Å². The Morgan fingerprint density at radius 2 is 1.97 bits per heavy atom. The van der Waals surface area contributed by atoms with Crippen molar-refractivity contribution >= 4 is 41.5 Å². The monoisotopic (exact) mass is 556 g/mol. The summed E-state index contributed by atoms with van der Waals surface area (Å²) in [6.07, 6.45) is 3.23. The second kappa shape index (κ2) is 14.0. The van der Waals surface area contributed by atoms with Crippen LogP contribution in [0.4, 0.5) is 10.1 Å². The summed E-state index contributed by atoms with van der Waals surface area (Å²) >= 11 is 0. The van der Waals surface area contributed by atoms with Crippen LogP contribution in [0.3, 0.4) is 0 Å². The van der Waals surface area contributed by atoms with Gasteiger partial charge in [-0.25, -0.2) is 9.38 Å². The first-order valence-corrected chi connectivity index (χ1v) is 10.4. The van der Waals surface area contributed by atoms with E-state index in [1.54, 1.807) is 24.5 Å². The Kier molecular flexibility index (Phi) is 11.3. The van der Waals surface area contributed by atoms with Crippen molar-refractivity contribution in [2.75, 3.05) is 51.3 Å². The Morgan fingerprint density at radius 1 is 1.22 bits per heavy atom. The molecule has 3 N–H and O–H groups in total. The minimum atomic E-state index is -0.257. The lowest BCUT2D eigenvalue weighted by Crippen LogP contribution is -2.46. The summed E-state index contributed by atoms with van der Waals surface area (Å²) in [4.78, 5) is 22.9. The first-order chi connectivity index (χ1) is 15.2. The number of aromatic nitrogens is 1. The van der Waals surface area contributed by atoms with Gasteiger partial charge in [0, 0.05) is 32.4 Å². The van der Waals surface area contributed by atoms with E-state index >= 15 is 0 Å². The third-order valence-corrected chi connectivity index (χ3v) is 4.87. The Morgan fingerprint density at radius 3 is 2.62 bits per heavy atom. The second-order valence-electron chi connectivity index (χ2n) is 7.08. The molecular formula is C22H30FIN6O2. The van der Waals surface area contributed by atoms with Gasteiger partial charge in [0.1, 0.15) is 12.4 Å². The van der Waals surface area contributed by atoms with Gasteiger partial charge in [0.25, 0.3) is 0 Å². The molecule has 8 nitrogen and oxygen atoms in total. The summed E-state index contributed by atoms with van der Waals surface area (Å²) in [6, 6.07) is 10.1. The van der Waals surface area contributed by atoms with E-state index in [4.69, 9.17) is 4.74 Å². The minimum absolute atomic E-state index is 0. The number of amides is 1. The average molecular weight is 556 g/mol. The predicted octanol–water partition coefficient (Wildman–Crippen LogP) is 2.41. The fourth-order valence-electron chi connectivity index (χ4n) is 3.36. The first kappa shape index (κ1) is 25.9. The van der Waals surface area contributed by atoms with Gasteiger partial charge in [0.05, 0.1) is 31.1 Å². The molecule has 1 amide bonds. The van der Waals surface area contributed by atoms with Gasteiger partial charge in [0.15, 0.2) is 5.96 Å². The minimum Gasteiger partial charge on any atom is -0.379 e. The number of benzene rings is 1. The highest BCUT2D eigenvalue weighted by Crippen LogP contribution is 2.21. The quantitative estimate of drug-likeness (QED) is 0.263. The topological polar surface area (TPSA) is 90.9 Å². The van der Waals surface area contributed by atoms with Crippen LogP contribution in [0.5, 0.6) is 0 Å². The van der Waals surface area contributed by atoms with Gasteiger partial charge in [-0.15, -0.1) is 24.0 Å². The molecule has 1 saturated heterocycles. The molecule has 1 unspecified atom stereocenters. The van der Waals surface area contributed by atoms with Gasteiger partial charge < -0.3 is 20.7 Å². The summed E-state index contributed by atoms with van der Waals surface area (Å²) in [5.41, 5.74) is 1.64. The molecule has 10 heteroatoms. The van der Waals surface area contributed by atoms with Crippen molar-refractivity contribution in [1.29, 1.82) is 0 Å². The van der Waals surface area contributed by atoms with Crippen LogP contribution in [-0.4, -0.2) is 67.7 Å². The normalized spacial score (nSPS) is 15.4. The summed E-state index contributed by atoms with van der Waals surface area (Å²) in [5, 5.41) is 9.25. The number of carbonyl (C=O) groups is 1. The Labute approximate surface area is 205 Å². The predicted molar refractivity (Wildman–Crippen MR) is 134 cm³/mol. The van der Waals surface area contributed by atoms with Crippen molar-refractivity contribution in [3.8, 4) is 0 Å². The zero-order valence-corrected chi connectivity index (χ0v) is 20.4. The zero-order valence-electron chi connectivity index (χ0n) is 18.1. The van der Waals surface area contributed by atoms with Gasteiger partial charge in [0.2, 0.25) is 5.91 Å². The maximum absolute atomic E-state index is 13.4. The highest BCUT2D eigenvalue weighted by atomic mass is 127. The van der Waals surface area contributed by atoms with Crippen molar-refractivity contribution < 1.29 is 13.9 Å². The first-order valence-electron chi connectivity index (χ1n) is 10.4. The number of hydrogen-bond acceptors (Lipinski definition) is 5. The van der Waals surface area contributed by atoms with Crippen LogP contribution in [0, 0.1) is 5.82 Å². The number of morpholine rings is 1. The zero-order chi connectivity index (χ0) is 21.9. The summed E-state index contributed by atoms with van der Waals surface area (Å²) < 4.78 is 18.9. The Bertz CT molecular complexity index is 847. The van der Waals surface area contributed by atoms with Gasteiger partial charge in [-0.3, -0.25) is 14.7 Å². The number of hydrogen-bond donors (Lipinski definition) is 3. The van der Waals surface area contributed by atoms with E-state index in [9.17, 15) is 9.18 Å². The van der Waals surface area contributed by atoms with Crippen molar-refractivity contribution in [2.45, 2.75) is 13.0 Å². The molecule has 1 fully saturated rings. The molecule has 3 rings (SSSR count). The molecule has 2 heterocycles. The summed E-state index contributed by atoms with van der Waals surface area (Å²) in [7, 11) is 0. The number of carbonyl (C=O) groups excluding carboxylic acids is 1. The van der Waals surface area contributed by atoms with E-state index < -0.39 is 0 Å². The van der Waals surface area contributed by atoms with Crippen LogP contribution in [0.2, 0.25) is 0 Å². The molecule has 1 aromatic carbocycles. The number of nitrogens with zero attached hydrogens (tertiary/aromatic N) is 3. The van der Waals surface area contributed by atoms with E-state index in [2.05, 4.69) is 30.8 Å². The van der Waals surface area contributed by atoms with Gasteiger partial charge in [-0.05, 0) is 36.8 Å². The summed E-state index contributed by atoms with van der Waals surface area (Å²) in [6.45, 7) is 6.09. The molecular weight excluding hydrogens is 526 g/mol. The number of halogens is 2. The standard InChI is InChI=1S/C22H29FN6O2.HI/c1-2-25-22(27-16-21(30)28-19-4-3-9-24-14-19)26-15-20(29-10-12-31-13-11-29)17-5-7-18(23)8-6-17;/h3-9,14,20H,2,10-13,15-16H2,1H3,(H,28,30)(H2,25,26,27);1H. The van der Waals surface area contributed by atoms with E-state index in [1.165, 1.54) is 12.1 Å². The van der Waals surface area contributed by atoms with Gasteiger partial charge >= 0.3 is 0 Å². The largest absolute Gasteiger partial charge is 0.379 e. The maximum Gasteiger partial charge on any atom is 0.246 e. The molecule has 1 aliphatic heterocycles. The van der Waals surface area contributed by atoms with Crippen LogP contribution < -0.4 is 16.0 Å². The number of anilines is 1. The van der Waals surface area contributed by atoms with Crippen LogP contribution in [-0.2, 0) is 9.53 Å². The smallest absolute Gasteiger partial charge is 0.246 e. The Balaban J connectivity index is 0.00000363. The van der Waals surface area contributed by atoms with E-state index in [1.807, 2.05) is 19.1 Å². The average Bonchev–Trinajstić information content (AvgIpc) is 2.80. The van der Waals surface area contributed by atoms with Crippen LogP contribution in [0.15, 0.2) is 53.8 Å². The van der Waals surface area contributed by atoms with Gasteiger partial charge in [-0.2, -0.15) is 0 Å². The summed E-state index contributed by atoms with van der Waals surface area (Å²) in [5.74, 6) is 0.0599. The third kappa shape index (κ3) is 8.32. The molecule has 2 aromatic rings. The number of aliphatic imine (C=N–C) groups is 1. The number of nitrogens with one attached hydrogen (secondary N) is 3. The SMILES string of the molecule is CCNC(=NCC(=O)Nc1cccnc1)NCC(c1ccc(F)cc1)N1CCOCC1.I. The van der Waals surface area contributed by atoms with Crippen LogP contribution in [0.1, 0.15) is 18.5 Å². The lowest BCUT2D eigenvalue weighted by Gasteiger charge is -2.35. The number of pyridine rings is 1. The number of guanidine groups is 1. The molecule has 0 saturated carbocycles. The molecule has 1 atom stereocenters. The fraction of sp³-hybridized carbons (Fsp3) is 0.409.